The number of halogens is 2. The van der Waals surface area contributed by atoms with Gasteiger partial charge in [0, 0.05) is 36.9 Å². The Morgan fingerprint density at radius 2 is 1.88 bits per heavy atom. The van der Waals surface area contributed by atoms with Crippen LogP contribution in [0, 0.1) is 11.6 Å². The molecule has 0 aliphatic carbocycles. The maximum Gasteiger partial charge on any atom is 0.334 e. The van der Waals surface area contributed by atoms with Crippen LogP contribution >= 0.6 is 11.3 Å². The lowest BCUT2D eigenvalue weighted by Gasteiger charge is -2.50. The highest BCUT2D eigenvalue weighted by Crippen LogP contribution is 2.43. The molecule has 5 rings (SSSR count). The van der Waals surface area contributed by atoms with Crippen LogP contribution in [-0.4, -0.2) is 53.5 Å². The van der Waals surface area contributed by atoms with Crippen LogP contribution in [0.5, 0.6) is 0 Å². The minimum atomic E-state index is -1.95. The quantitative estimate of drug-likeness (QED) is 0.566. The third kappa shape index (κ3) is 3.52. The van der Waals surface area contributed by atoms with E-state index in [9.17, 15) is 23.5 Å². The van der Waals surface area contributed by atoms with Crippen molar-refractivity contribution < 1.29 is 23.5 Å². The minimum Gasteiger partial charge on any atom is -0.479 e. The Labute approximate surface area is 193 Å². The zero-order valence-electron chi connectivity index (χ0n) is 17.5. The summed E-state index contributed by atoms with van der Waals surface area (Å²) in [5, 5.41) is 17.7. The van der Waals surface area contributed by atoms with Gasteiger partial charge in [-0.15, -0.1) is 0 Å². The first-order valence-electron chi connectivity index (χ1n) is 10.5. The van der Waals surface area contributed by atoms with E-state index in [-0.39, 0.29) is 18.2 Å². The molecule has 170 valence electrons. The molecule has 33 heavy (non-hydrogen) atoms. The van der Waals surface area contributed by atoms with Gasteiger partial charge in [-0.1, -0.05) is 0 Å². The molecule has 0 spiro atoms. The summed E-state index contributed by atoms with van der Waals surface area (Å²) >= 11 is 1.50. The van der Waals surface area contributed by atoms with Crippen LogP contribution in [0.1, 0.15) is 22.0 Å². The van der Waals surface area contributed by atoms with E-state index in [1.165, 1.54) is 47.7 Å². The van der Waals surface area contributed by atoms with Crippen molar-refractivity contribution in [3.05, 3.63) is 82.1 Å². The number of rotatable bonds is 4. The fourth-order valence-corrected chi connectivity index (χ4v) is 5.53. The molecule has 0 radical (unpaired) electrons. The number of aliphatic carboxylic acids is 1. The summed E-state index contributed by atoms with van der Waals surface area (Å²) in [6, 6.07) is 11.0. The van der Waals surface area contributed by atoms with Crippen LogP contribution in [0.2, 0.25) is 0 Å². The van der Waals surface area contributed by atoms with Gasteiger partial charge in [-0.25, -0.2) is 13.6 Å². The predicted molar refractivity (Wildman–Crippen MR) is 121 cm³/mol. The van der Waals surface area contributed by atoms with Gasteiger partial charge < -0.3 is 15.3 Å². The molecule has 2 unspecified atom stereocenters. The molecule has 2 N–H and O–H groups in total. The second kappa shape index (κ2) is 8.33. The van der Waals surface area contributed by atoms with E-state index in [0.717, 1.165) is 11.6 Å². The number of hydrogen-bond acceptors (Lipinski definition) is 6. The van der Waals surface area contributed by atoms with Gasteiger partial charge in [-0.3, -0.25) is 9.69 Å². The van der Waals surface area contributed by atoms with Gasteiger partial charge in [0.1, 0.15) is 11.6 Å². The van der Waals surface area contributed by atoms with Crippen molar-refractivity contribution in [3.8, 4) is 0 Å². The zero-order chi connectivity index (χ0) is 23.2. The summed E-state index contributed by atoms with van der Waals surface area (Å²) in [5.41, 5.74) is -0.129. The number of carboxylic acid groups (broad SMARTS) is 1. The van der Waals surface area contributed by atoms with E-state index in [1.54, 1.807) is 9.80 Å². The largest absolute Gasteiger partial charge is 0.479 e. The van der Waals surface area contributed by atoms with Crippen molar-refractivity contribution in [3.63, 3.8) is 0 Å². The Morgan fingerprint density at radius 1 is 1.12 bits per heavy atom. The van der Waals surface area contributed by atoms with Gasteiger partial charge in [0.25, 0.3) is 0 Å². The van der Waals surface area contributed by atoms with E-state index in [4.69, 9.17) is 0 Å². The van der Waals surface area contributed by atoms with Gasteiger partial charge in [0.05, 0.1) is 12.2 Å². The van der Waals surface area contributed by atoms with Crippen molar-refractivity contribution >= 4 is 34.5 Å². The van der Waals surface area contributed by atoms with Gasteiger partial charge in [0.15, 0.2) is 5.78 Å². The molecular weight excluding hydrogens is 448 g/mol. The lowest BCUT2D eigenvalue weighted by molar-refractivity contribution is -0.150. The molecule has 1 fully saturated rings. The van der Waals surface area contributed by atoms with Gasteiger partial charge >= 0.3 is 5.97 Å². The number of ketones is 1. The molecule has 2 aliphatic rings. The van der Waals surface area contributed by atoms with Gasteiger partial charge in [-0.2, -0.15) is 11.3 Å². The molecule has 3 aromatic rings. The number of piperazine rings is 1. The van der Waals surface area contributed by atoms with Gasteiger partial charge in [0.2, 0.25) is 5.54 Å². The summed E-state index contributed by atoms with van der Waals surface area (Å²) in [7, 11) is 0. The summed E-state index contributed by atoms with van der Waals surface area (Å²) < 4.78 is 27.9. The molecule has 9 heteroatoms. The Hall–Kier alpha value is -3.14. The SMILES string of the molecule is O=C(O)C1(N2CCNCC2c2ccsc2)CN(c2ccc(F)cc2)c2ccc(F)cc2C1=O. The number of hydrogen-bond donors (Lipinski definition) is 2. The summed E-state index contributed by atoms with van der Waals surface area (Å²) in [4.78, 5) is 30.2. The summed E-state index contributed by atoms with van der Waals surface area (Å²) in [6.07, 6.45) is 0. The fraction of sp³-hybridized carbons (Fsp3) is 0.250. The van der Waals surface area contributed by atoms with E-state index in [1.807, 2.05) is 16.8 Å². The molecule has 0 bridgehead atoms. The van der Waals surface area contributed by atoms with Crippen molar-refractivity contribution in [1.29, 1.82) is 0 Å². The average Bonchev–Trinajstić information content (AvgIpc) is 3.35. The molecule has 1 aromatic heterocycles. The normalized spacial score (nSPS) is 23.4. The fourth-order valence-electron chi connectivity index (χ4n) is 4.82. The maximum atomic E-state index is 14.3. The molecule has 2 aliphatic heterocycles. The standard InChI is InChI=1S/C24H21F2N3O3S/c25-16-1-4-18(5-2-16)28-14-24(23(31)32,22(30)19-11-17(26)3-6-20(19)28)29-9-8-27-12-21(29)15-7-10-33-13-15/h1-7,10-11,13,21,27H,8-9,12,14H2,(H,31,32). The lowest BCUT2D eigenvalue weighted by atomic mass is 9.80. The van der Waals surface area contributed by atoms with Crippen LogP contribution < -0.4 is 10.2 Å². The Morgan fingerprint density at radius 3 is 2.58 bits per heavy atom. The Balaban J connectivity index is 1.70. The monoisotopic (exact) mass is 469 g/mol. The van der Waals surface area contributed by atoms with Crippen LogP contribution in [0.25, 0.3) is 0 Å². The highest BCUT2D eigenvalue weighted by molar-refractivity contribution is 7.08. The van der Waals surface area contributed by atoms with Crippen molar-refractivity contribution in [2.24, 2.45) is 0 Å². The van der Waals surface area contributed by atoms with E-state index < -0.39 is 28.9 Å². The third-order valence-corrected chi connectivity index (χ3v) is 7.11. The third-order valence-electron chi connectivity index (χ3n) is 6.41. The van der Waals surface area contributed by atoms with E-state index >= 15 is 0 Å². The number of carbonyl (C=O) groups is 2. The predicted octanol–water partition coefficient (Wildman–Crippen LogP) is 3.83. The number of carbonyl (C=O) groups excluding carboxylic acids is 1. The number of carboxylic acids is 1. The molecule has 0 saturated carbocycles. The highest BCUT2D eigenvalue weighted by Gasteiger charge is 2.58. The molecular formula is C24H21F2N3O3S. The Bertz CT molecular complexity index is 1200. The molecule has 1 saturated heterocycles. The first-order chi connectivity index (χ1) is 15.9. The van der Waals surface area contributed by atoms with Crippen LogP contribution in [-0.2, 0) is 4.79 Å². The maximum absolute atomic E-state index is 14.3. The first-order valence-corrected chi connectivity index (χ1v) is 11.5. The number of benzene rings is 2. The number of nitrogens with zero attached hydrogens (tertiary/aromatic N) is 2. The first kappa shape index (κ1) is 21.7. The Kier molecular flexibility index (Phi) is 5.48. The van der Waals surface area contributed by atoms with Crippen LogP contribution in [0.4, 0.5) is 20.2 Å². The topological polar surface area (TPSA) is 72.9 Å². The van der Waals surface area contributed by atoms with E-state index in [0.29, 0.717) is 31.0 Å². The number of thiophene rings is 1. The number of fused-ring (bicyclic) bond motifs is 1. The highest BCUT2D eigenvalue weighted by atomic mass is 32.1. The molecule has 0 amide bonds. The minimum absolute atomic E-state index is 0.00410. The lowest BCUT2D eigenvalue weighted by Crippen LogP contribution is -2.70. The second-order valence-corrected chi connectivity index (χ2v) is 8.97. The molecule has 3 heterocycles. The molecule has 2 atom stereocenters. The second-order valence-electron chi connectivity index (χ2n) is 8.19. The number of Topliss-reactive ketones (excluding diaryl/α,β-unsaturated/α-hetero) is 1. The number of nitrogens with one attached hydrogen (secondary N) is 1. The van der Waals surface area contributed by atoms with Crippen LogP contribution in [0.3, 0.4) is 0 Å². The summed E-state index contributed by atoms with van der Waals surface area (Å²) in [6.45, 7) is 1.12. The van der Waals surface area contributed by atoms with Crippen molar-refractivity contribution in [1.82, 2.24) is 10.2 Å². The molecule has 2 aromatic carbocycles. The zero-order valence-corrected chi connectivity index (χ0v) is 18.3. The van der Waals surface area contributed by atoms with E-state index in [2.05, 4.69) is 5.32 Å². The smallest absolute Gasteiger partial charge is 0.334 e. The van der Waals surface area contributed by atoms with Gasteiger partial charge in [-0.05, 0) is 64.9 Å². The van der Waals surface area contributed by atoms with Crippen LogP contribution in [0.15, 0.2) is 59.3 Å². The number of anilines is 2. The van der Waals surface area contributed by atoms with Crippen molar-refractivity contribution in [2.75, 3.05) is 31.1 Å². The summed E-state index contributed by atoms with van der Waals surface area (Å²) in [5.74, 6) is -3.01. The van der Waals surface area contributed by atoms with Crippen molar-refractivity contribution in [2.45, 2.75) is 11.6 Å². The average molecular weight is 470 g/mol. The molecule has 6 nitrogen and oxygen atoms in total.